The molecule has 0 aliphatic heterocycles. The van der Waals surface area contributed by atoms with E-state index in [2.05, 4.69) is 0 Å². The molecule has 3 heteroatoms. The molecule has 1 aliphatic rings. The summed E-state index contributed by atoms with van der Waals surface area (Å²) in [4.78, 5) is 11.0. The Labute approximate surface area is 101 Å². The van der Waals surface area contributed by atoms with Gasteiger partial charge in [-0.05, 0) is 30.0 Å². The van der Waals surface area contributed by atoms with E-state index in [-0.39, 0.29) is 5.56 Å². The van der Waals surface area contributed by atoms with E-state index in [9.17, 15) is 4.79 Å². The molecule has 3 nitrogen and oxygen atoms in total. The van der Waals surface area contributed by atoms with Crippen molar-refractivity contribution in [1.82, 2.24) is 0 Å². The van der Waals surface area contributed by atoms with Crippen molar-refractivity contribution in [2.75, 3.05) is 7.11 Å². The number of carbonyl (C=O) groups is 1. The first kappa shape index (κ1) is 12.0. The van der Waals surface area contributed by atoms with Crippen LogP contribution >= 0.6 is 0 Å². The predicted molar refractivity (Wildman–Crippen MR) is 65.6 cm³/mol. The Balaban J connectivity index is 2.15. The van der Waals surface area contributed by atoms with Gasteiger partial charge < -0.3 is 9.84 Å². The molecule has 1 aliphatic carbocycles. The lowest BCUT2D eigenvalue weighted by Crippen LogP contribution is -2.03. The van der Waals surface area contributed by atoms with Crippen LogP contribution in [0.15, 0.2) is 18.2 Å². The fourth-order valence-corrected chi connectivity index (χ4v) is 2.59. The molecule has 92 valence electrons. The van der Waals surface area contributed by atoms with Gasteiger partial charge in [0.25, 0.3) is 0 Å². The summed E-state index contributed by atoms with van der Waals surface area (Å²) in [5.41, 5.74) is 1.42. The number of carboxylic acids is 1. The number of benzene rings is 1. The maximum atomic E-state index is 11.0. The van der Waals surface area contributed by atoms with Crippen molar-refractivity contribution >= 4 is 5.97 Å². The van der Waals surface area contributed by atoms with Crippen molar-refractivity contribution in [2.24, 2.45) is 5.92 Å². The molecule has 1 fully saturated rings. The van der Waals surface area contributed by atoms with Crippen LogP contribution in [0.4, 0.5) is 0 Å². The third-order valence-corrected chi connectivity index (χ3v) is 3.50. The lowest BCUT2D eigenvalue weighted by molar-refractivity contribution is 0.0693. The zero-order chi connectivity index (χ0) is 12.3. The van der Waals surface area contributed by atoms with Crippen LogP contribution in [-0.4, -0.2) is 18.2 Å². The van der Waals surface area contributed by atoms with E-state index in [1.165, 1.54) is 38.4 Å². The van der Waals surface area contributed by atoms with E-state index < -0.39 is 5.97 Å². The Morgan fingerprint density at radius 1 is 1.41 bits per heavy atom. The fourth-order valence-electron chi connectivity index (χ4n) is 2.59. The lowest BCUT2D eigenvalue weighted by Gasteiger charge is -2.11. The number of aromatic carboxylic acids is 1. The Kier molecular flexibility index (Phi) is 3.67. The van der Waals surface area contributed by atoms with Crippen LogP contribution in [0.1, 0.15) is 41.6 Å². The summed E-state index contributed by atoms with van der Waals surface area (Å²) < 4.78 is 5.13. The first-order valence-corrected chi connectivity index (χ1v) is 6.11. The second kappa shape index (κ2) is 5.21. The molecule has 0 unspecified atom stereocenters. The third-order valence-electron chi connectivity index (χ3n) is 3.50. The predicted octanol–water partition coefficient (Wildman–Crippen LogP) is 3.13. The van der Waals surface area contributed by atoms with Gasteiger partial charge in [0, 0.05) is 0 Å². The summed E-state index contributed by atoms with van der Waals surface area (Å²) in [5.74, 6) is 0.289. The summed E-state index contributed by atoms with van der Waals surface area (Å²) >= 11 is 0. The van der Waals surface area contributed by atoms with Crippen molar-refractivity contribution < 1.29 is 14.6 Å². The Morgan fingerprint density at radius 2 is 2.12 bits per heavy atom. The summed E-state index contributed by atoms with van der Waals surface area (Å²) in [6.45, 7) is 0. The number of hydrogen-bond donors (Lipinski definition) is 1. The average Bonchev–Trinajstić information content (AvgIpc) is 2.81. The highest BCUT2D eigenvalue weighted by atomic mass is 16.5. The quantitative estimate of drug-likeness (QED) is 0.870. The fraction of sp³-hybridized carbons (Fsp3) is 0.500. The standard InChI is InChI=1S/C14H18O3/c1-17-13-9-11(6-7-12(13)14(15)16)8-10-4-2-3-5-10/h6-7,9-10H,2-5,8H2,1H3,(H,15,16). The van der Waals surface area contributed by atoms with Gasteiger partial charge in [0.2, 0.25) is 0 Å². The van der Waals surface area contributed by atoms with Gasteiger partial charge in [-0.2, -0.15) is 0 Å². The molecule has 0 aromatic heterocycles. The van der Waals surface area contributed by atoms with Gasteiger partial charge in [0.05, 0.1) is 7.11 Å². The van der Waals surface area contributed by atoms with E-state index >= 15 is 0 Å². The zero-order valence-electron chi connectivity index (χ0n) is 10.1. The molecule has 1 aromatic carbocycles. The van der Waals surface area contributed by atoms with Crippen LogP contribution in [0, 0.1) is 5.92 Å². The van der Waals surface area contributed by atoms with E-state index in [1.54, 1.807) is 6.07 Å². The van der Waals surface area contributed by atoms with Gasteiger partial charge in [-0.1, -0.05) is 31.7 Å². The van der Waals surface area contributed by atoms with Gasteiger partial charge in [-0.3, -0.25) is 0 Å². The van der Waals surface area contributed by atoms with Crippen LogP contribution in [0.2, 0.25) is 0 Å². The molecular weight excluding hydrogens is 216 g/mol. The highest BCUT2D eigenvalue weighted by Gasteiger charge is 2.17. The molecule has 1 aromatic rings. The van der Waals surface area contributed by atoms with E-state index in [0.29, 0.717) is 5.75 Å². The number of ether oxygens (including phenoxy) is 1. The Bertz CT molecular complexity index is 406. The van der Waals surface area contributed by atoms with E-state index in [4.69, 9.17) is 9.84 Å². The molecule has 0 amide bonds. The third kappa shape index (κ3) is 2.78. The van der Waals surface area contributed by atoms with Crippen molar-refractivity contribution in [2.45, 2.75) is 32.1 Å². The summed E-state index contributed by atoms with van der Waals surface area (Å²) in [5, 5.41) is 8.99. The number of hydrogen-bond acceptors (Lipinski definition) is 2. The van der Waals surface area contributed by atoms with Crippen LogP contribution in [0.5, 0.6) is 5.75 Å². The first-order chi connectivity index (χ1) is 8.20. The first-order valence-electron chi connectivity index (χ1n) is 6.11. The summed E-state index contributed by atoms with van der Waals surface area (Å²) in [6, 6.07) is 5.41. The minimum atomic E-state index is -0.936. The van der Waals surface area contributed by atoms with Gasteiger partial charge in [-0.15, -0.1) is 0 Å². The number of methoxy groups -OCH3 is 1. The van der Waals surface area contributed by atoms with Crippen LogP contribution in [0.25, 0.3) is 0 Å². The SMILES string of the molecule is COc1cc(CC2CCCC2)ccc1C(=O)O. The molecular formula is C14H18O3. The molecule has 0 atom stereocenters. The second-order valence-electron chi connectivity index (χ2n) is 4.69. The molecule has 17 heavy (non-hydrogen) atoms. The normalized spacial score (nSPS) is 16.1. The largest absolute Gasteiger partial charge is 0.496 e. The van der Waals surface area contributed by atoms with E-state index in [0.717, 1.165) is 12.3 Å². The van der Waals surface area contributed by atoms with Crippen LogP contribution in [0.3, 0.4) is 0 Å². The molecule has 0 bridgehead atoms. The highest BCUT2D eigenvalue weighted by Crippen LogP contribution is 2.29. The van der Waals surface area contributed by atoms with Crippen molar-refractivity contribution in [3.63, 3.8) is 0 Å². The Hall–Kier alpha value is -1.51. The molecule has 0 heterocycles. The Morgan fingerprint density at radius 3 is 2.71 bits per heavy atom. The molecule has 2 rings (SSSR count). The van der Waals surface area contributed by atoms with Crippen molar-refractivity contribution in [3.8, 4) is 5.75 Å². The summed E-state index contributed by atoms with van der Waals surface area (Å²) in [7, 11) is 1.52. The van der Waals surface area contributed by atoms with Gasteiger partial charge in [0.1, 0.15) is 11.3 Å². The average molecular weight is 234 g/mol. The number of carboxylic acid groups (broad SMARTS) is 1. The minimum absolute atomic E-state index is 0.239. The topological polar surface area (TPSA) is 46.5 Å². The molecule has 1 N–H and O–H groups in total. The van der Waals surface area contributed by atoms with E-state index in [1.807, 2.05) is 12.1 Å². The molecule has 0 spiro atoms. The zero-order valence-corrected chi connectivity index (χ0v) is 10.1. The molecule has 1 saturated carbocycles. The minimum Gasteiger partial charge on any atom is -0.496 e. The molecule has 0 radical (unpaired) electrons. The number of rotatable bonds is 4. The summed E-state index contributed by atoms with van der Waals surface area (Å²) in [6.07, 6.45) is 6.28. The van der Waals surface area contributed by atoms with Gasteiger partial charge in [0.15, 0.2) is 0 Å². The molecule has 0 saturated heterocycles. The van der Waals surface area contributed by atoms with Crippen LogP contribution < -0.4 is 4.74 Å². The second-order valence-corrected chi connectivity index (χ2v) is 4.69. The van der Waals surface area contributed by atoms with Crippen LogP contribution in [-0.2, 0) is 6.42 Å². The maximum absolute atomic E-state index is 11.0. The van der Waals surface area contributed by atoms with Crippen molar-refractivity contribution in [3.05, 3.63) is 29.3 Å². The van der Waals surface area contributed by atoms with Gasteiger partial charge in [-0.25, -0.2) is 4.79 Å². The monoisotopic (exact) mass is 234 g/mol. The smallest absolute Gasteiger partial charge is 0.339 e. The maximum Gasteiger partial charge on any atom is 0.339 e. The van der Waals surface area contributed by atoms with Crippen molar-refractivity contribution in [1.29, 1.82) is 0 Å². The lowest BCUT2D eigenvalue weighted by atomic mass is 9.97. The van der Waals surface area contributed by atoms with Gasteiger partial charge >= 0.3 is 5.97 Å². The highest BCUT2D eigenvalue weighted by molar-refractivity contribution is 5.90.